The summed E-state index contributed by atoms with van der Waals surface area (Å²) >= 11 is 0. The van der Waals surface area contributed by atoms with Crippen molar-refractivity contribution in [2.45, 2.75) is 38.3 Å². The number of nitrogens with one attached hydrogen (secondary N) is 1. The molecule has 0 aromatic heterocycles. The molecule has 1 atom stereocenters. The predicted octanol–water partition coefficient (Wildman–Crippen LogP) is 0.289. The van der Waals surface area contributed by atoms with Crippen molar-refractivity contribution >= 4 is 0 Å². The summed E-state index contributed by atoms with van der Waals surface area (Å²) in [5.41, 5.74) is 2.66. The molecule has 0 saturated carbocycles. The van der Waals surface area contributed by atoms with Crippen LogP contribution in [-0.4, -0.2) is 41.0 Å². The Balaban J connectivity index is 2.05. The van der Waals surface area contributed by atoms with E-state index < -0.39 is 0 Å². The van der Waals surface area contributed by atoms with E-state index in [-0.39, 0.29) is 0 Å². The summed E-state index contributed by atoms with van der Waals surface area (Å²) in [5.74, 6) is 2.37. The first-order valence-corrected chi connectivity index (χ1v) is 8.78. The highest BCUT2D eigenvalue weighted by molar-refractivity contribution is 5.60. The Hall–Kier alpha value is -1.46. The Kier molecular flexibility index (Phi) is 5.28. The van der Waals surface area contributed by atoms with E-state index in [0.717, 1.165) is 30.3 Å². The summed E-state index contributed by atoms with van der Waals surface area (Å²) in [6, 6.07) is 2.61. The highest BCUT2D eigenvalue weighted by atomic mass is 16.5. The fourth-order valence-corrected chi connectivity index (χ4v) is 4.21. The maximum absolute atomic E-state index is 5.80. The number of nitrogens with two attached hydrogens (primary N) is 1. The van der Waals surface area contributed by atoms with E-state index in [4.69, 9.17) is 14.2 Å². The molecule has 5 heteroatoms. The quantitative estimate of drug-likeness (QED) is 0.838. The van der Waals surface area contributed by atoms with E-state index in [1.54, 1.807) is 26.2 Å². The first-order valence-electron chi connectivity index (χ1n) is 8.78. The number of methoxy groups -OCH3 is 3. The number of ether oxygens (including phenoxy) is 3. The fourth-order valence-electron chi connectivity index (χ4n) is 4.21. The van der Waals surface area contributed by atoms with Gasteiger partial charge in [-0.25, -0.2) is 0 Å². The molecule has 2 heterocycles. The van der Waals surface area contributed by atoms with E-state index >= 15 is 0 Å². The molecule has 3 N–H and O–H groups in total. The third kappa shape index (κ3) is 3.12. The van der Waals surface area contributed by atoms with Gasteiger partial charge >= 0.3 is 0 Å². The van der Waals surface area contributed by atoms with Gasteiger partial charge in [-0.1, -0.05) is 0 Å². The summed E-state index contributed by atoms with van der Waals surface area (Å²) in [6.07, 6.45) is 5.40. The summed E-state index contributed by atoms with van der Waals surface area (Å²) in [5, 5.41) is 2.41. The lowest BCUT2D eigenvalue weighted by Gasteiger charge is -2.32. The van der Waals surface area contributed by atoms with Gasteiger partial charge in [0.05, 0.1) is 40.0 Å². The molecule has 1 aromatic rings. The lowest BCUT2D eigenvalue weighted by atomic mass is 9.93. The van der Waals surface area contributed by atoms with Crippen molar-refractivity contribution < 1.29 is 24.4 Å². The third-order valence-electron chi connectivity index (χ3n) is 5.31. The topological polar surface area (TPSA) is 48.7 Å². The molecule has 1 aromatic carbocycles. The monoisotopic (exact) mass is 322 g/mol. The Morgan fingerprint density at radius 2 is 1.65 bits per heavy atom. The molecule has 0 amide bonds. The van der Waals surface area contributed by atoms with Crippen LogP contribution in [-0.2, 0) is 6.54 Å². The zero-order chi connectivity index (χ0) is 16.2. The Bertz CT molecular complexity index is 540. The average molecular weight is 322 g/mol. The van der Waals surface area contributed by atoms with Crippen LogP contribution in [0, 0.1) is 0 Å². The number of fused-ring (bicyclic) bond motifs is 1. The Morgan fingerprint density at radius 1 is 0.957 bits per heavy atom. The van der Waals surface area contributed by atoms with Crippen molar-refractivity contribution in [1.82, 2.24) is 0 Å². The molecular formula is C18H30N2O3+2. The van der Waals surface area contributed by atoms with E-state index in [1.807, 2.05) is 0 Å². The molecule has 0 aliphatic carbocycles. The zero-order valence-electron chi connectivity index (χ0n) is 14.6. The molecule has 0 spiro atoms. The van der Waals surface area contributed by atoms with Crippen molar-refractivity contribution in [3.8, 4) is 17.2 Å². The van der Waals surface area contributed by atoms with Crippen molar-refractivity contribution in [3.63, 3.8) is 0 Å². The number of hydrogen-bond acceptors (Lipinski definition) is 3. The molecule has 23 heavy (non-hydrogen) atoms. The average Bonchev–Trinajstić information content (AvgIpc) is 2.88. The highest BCUT2D eigenvalue weighted by Crippen LogP contribution is 2.44. The van der Waals surface area contributed by atoms with E-state index in [9.17, 15) is 0 Å². The van der Waals surface area contributed by atoms with Crippen LogP contribution in [0.4, 0.5) is 0 Å². The fraction of sp³-hybridized carbons (Fsp3) is 0.667. The first kappa shape index (κ1) is 16.4. The normalized spacial score (nSPS) is 22.1. The van der Waals surface area contributed by atoms with E-state index in [2.05, 4.69) is 11.4 Å². The van der Waals surface area contributed by atoms with Gasteiger partial charge in [-0.2, -0.15) is 0 Å². The van der Waals surface area contributed by atoms with Crippen LogP contribution in [0.2, 0.25) is 0 Å². The van der Waals surface area contributed by atoms with Gasteiger partial charge in [-0.05, 0) is 31.7 Å². The number of likely N-dealkylation sites (tertiary alicyclic amines) is 1. The maximum Gasteiger partial charge on any atom is 0.203 e. The molecular weight excluding hydrogens is 292 g/mol. The van der Waals surface area contributed by atoms with Gasteiger partial charge in [0.1, 0.15) is 13.1 Å². The molecule has 0 bridgehead atoms. The number of hydrogen-bond donors (Lipinski definition) is 2. The van der Waals surface area contributed by atoms with Crippen molar-refractivity contribution in [2.75, 3.05) is 41.0 Å². The summed E-state index contributed by atoms with van der Waals surface area (Å²) in [6.45, 7) is 4.62. The van der Waals surface area contributed by atoms with Crippen LogP contribution in [0.25, 0.3) is 0 Å². The Morgan fingerprint density at radius 3 is 2.26 bits per heavy atom. The van der Waals surface area contributed by atoms with E-state index in [1.165, 1.54) is 49.9 Å². The van der Waals surface area contributed by atoms with Crippen LogP contribution in [0.5, 0.6) is 17.2 Å². The highest BCUT2D eigenvalue weighted by Gasteiger charge is 2.37. The number of rotatable bonds is 4. The number of benzene rings is 1. The standard InChI is InChI=1S/C18H28N2O3/c1-21-15-10-13-11-19-12-14(20-8-6-4-5-7-9-20)16(13)18(23-3)17(15)22-2/h10,14,19H,4-9,11-12H2,1-3H3/p+2/t14-/m0/s1. The third-order valence-corrected chi connectivity index (χ3v) is 5.31. The minimum Gasteiger partial charge on any atom is -0.493 e. The summed E-state index contributed by atoms with van der Waals surface area (Å²) in [4.78, 5) is 1.70. The molecule has 3 rings (SSSR count). The predicted molar refractivity (Wildman–Crippen MR) is 88.5 cm³/mol. The molecule has 1 fully saturated rings. The molecule has 0 unspecified atom stereocenters. The minimum atomic E-state index is 0.478. The van der Waals surface area contributed by atoms with Crippen LogP contribution in [0.3, 0.4) is 0 Å². The lowest BCUT2D eigenvalue weighted by molar-refractivity contribution is -0.947. The minimum absolute atomic E-state index is 0.478. The lowest BCUT2D eigenvalue weighted by Crippen LogP contribution is -3.15. The Labute approximate surface area is 138 Å². The van der Waals surface area contributed by atoms with Crippen molar-refractivity contribution in [1.29, 1.82) is 0 Å². The van der Waals surface area contributed by atoms with Crippen LogP contribution >= 0.6 is 0 Å². The number of quaternary nitrogens is 2. The molecule has 1 saturated heterocycles. The van der Waals surface area contributed by atoms with Gasteiger partial charge in [0.15, 0.2) is 17.5 Å². The van der Waals surface area contributed by atoms with Gasteiger partial charge in [-0.3, -0.25) is 0 Å². The van der Waals surface area contributed by atoms with Crippen LogP contribution in [0.1, 0.15) is 42.9 Å². The smallest absolute Gasteiger partial charge is 0.203 e. The molecule has 2 aliphatic heterocycles. The summed E-state index contributed by atoms with van der Waals surface area (Å²) < 4.78 is 16.9. The second-order valence-corrected chi connectivity index (χ2v) is 6.57. The van der Waals surface area contributed by atoms with Gasteiger partial charge in [-0.15, -0.1) is 0 Å². The molecule has 5 nitrogen and oxygen atoms in total. The van der Waals surface area contributed by atoms with Gasteiger partial charge < -0.3 is 24.4 Å². The SMILES string of the molecule is COc1cc2c(c(OC)c1OC)[C@@H]([NH+]1CCCCCC1)C[NH2+]C2. The van der Waals surface area contributed by atoms with E-state index in [0.29, 0.717) is 6.04 Å². The summed E-state index contributed by atoms with van der Waals surface area (Å²) in [7, 11) is 5.12. The van der Waals surface area contributed by atoms with Crippen LogP contribution in [0.15, 0.2) is 6.07 Å². The molecule has 0 radical (unpaired) electrons. The van der Waals surface area contributed by atoms with Crippen LogP contribution < -0.4 is 24.4 Å². The second kappa shape index (κ2) is 7.41. The van der Waals surface area contributed by atoms with Crippen molar-refractivity contribution in [2.24, 2.45) is 0 Å². The van der Waals surface area contributed by atoms with Crippen molar-refractivity contribution in [3.05, 3.63) is 17.2 Å². The first-order chi connectivity index (χ1) is 11.3. The van der Waals surface area contributed by atoms with Gasteiger partial charge in [0.25, 0.3) is 0 Å². The maximum atomic E-state index is 5.80. The van der Waals surface area contributed by atoms with Gasteiger partial charge in [0.2, 0.25) is 5.75 Å². The zero-order valence-corrected chi connectivity index (χ0v) is 14.6. The largest absolute Gasteiger partial charge is 0.493 e. The van der Waals surface area contributed by atoms with Gasteiger partial charge in [0, 0.05) is 5.56 Å². The second-order valence-electron chi connectivity index (χ2n) is 6.57. The molecule has 2 aliphatic rings. The molecule has 128 valence electrons.